The zero-order chi connectivity index (χ0) is 13.2. The van der Waals surface area contributed by atoms with Crippen molar-refractivity contribution in [2.75, 3.05) is 37.7 Å². The van der Waals surface area contributed by atoms with Crippen LogP contribution in [0.25, 0.3) is 10.9 Å². The molecule has 2 heterocycles. The first kappa shape index (κ1) is 12.2. The molecule has 3 rings (SSSR count). The minimum absolute atomic E-state index is 0.738. The summed E-state index contributed by atoms with van der Waals surface area (Å²) in [6.45, 7) is 3.41. The quantitative estimate of drug-likeness (QED) is 0.827. The third-order valence-electron chi connectivity index (χ3n) is 3.84. The van der Waals surface area contributed by atoms with Crippen LogP contribution in [0.2, 0.25) is 0 Å². The van der Waals surface area contributed by atoms with Gasteiger partial charge in [-0.3, -0.25) is 4.98 Å². The summed E-state index contributed by atoms with van der Waals surface area (Å²) in [4.78, 5) is 6.75. The second-order valence-electron chi connectivity index (χ2n) is 5.43. The van der Waals surface area contributed by atoms with Crippen LogP contribution in [0.5, 0.6) is 0 Å². The highest BCUT2D eigenvalue weighted by atomic mass is 15.1. The number of benzene rings is 1. The van der Waals surface area contributed by atoms with Gasteiger partial charge in [0.05, 0.1) is 5.52 Å². The molecule has 1 aromatic carbocycles. The first-order valence-corrected chi connectivity index (χ1v) is 6.79. The van der Waals surface area contributed by atoms with Gasteiger partial charge < -0.3 is 16.0 Å². The van der Waals surface area contributed by atoms with Gasteiger partial charge in [-0.05, 0) is 50.2 Å². The minimum atomic E-state index is 0.738. The summed E-state index contributed by atoms with van der Waals surface area (Å²) < 4.78 is 0. The lowest BCUT2D eigenvalue weighted by Crippen LogP contribution is -2.19. The molecule has 1 saturated heterocycles. The van der Waals surface area contributed by atoms with Gasteiger partial charge in [-0.1, -0.05) is 0 Å². The van der Waals surface area contributed by atoms with Crippen molar-refractivity contribution in [2.24, 2.45) is 5.92 Å². The van der Waals surface area contributed by atoms with E-state index in [0.29, 0.717) is 0 Å². The molecule has 4 nitrogen and oxygen atoms in total. The van der Waals surface area contributed by atoms with Gasteiger partial charge in [-0.25, -0.2) is 0 Å². The Morgan fingerprint density at radius 3 is 3.11 bits per heavy atom. The van der Waals surface area contributed by atoms with E-state index >= 15 is 0 Å². The Hall–Kier alpha value is -1.81. The zero-order valence-corrected chi connectivity index (χ0v) is 11.3. The lowest BCUT2D eigenvalue weighted by atomic mass is 10.1. The monoisotopic (exact) mass is 256 g/mol. The number of hydrogen-bond acceptors (Lipinski definition) is 4. The molecule has 2 aromatic rings. The third kappa shape index (κ3) is 2.63. The Balaban J connectivity index is 1.77. The Bertz CT molecular complexity index is 581. The second-order valence-corrected chi connectivity index (χ2v) is 5.43. The predicted molar refractivity (Wildman–Crippen MR) is 80.2 cm³/mol. The highest BCUT2D eigenvalue weighted by molar-refractivity contribution is 5.92. The fraction of sp³-hybridized carbons (Fsp3) is 0.400. The fourth-order valence-corrected chi connectivity index (χ4v) is 2.77. The van der Waals surface area contributed by atoms with Crippen molar-refractivity contribution in [1.29, 1.82) is 0 Å². The highest BCUT2D eigenvalue weighted by Gasteiger charge is 2.19. The molecule has 4 heteroatoms. The van der Waals surface area contributed by atoms with E-state index in [1.807, 2.05) is 30.5 Å². The molecule has 1 unspecified atom stereocenters. The maximum atomic E-state index is 5.80. The van der Waals surface area contributed by atoms with Gasteiger partial charge in [0, 0.05) is 36.0 Å². The van der Waals surface area contributed by atoms with Crippen molar-refractivity contribution >= 4 is 22.3 Å². The number of pyridine rings is 1. The molecule has 0 bridgehead atoms. The smallest absolute Gasteiger partial charge is 0.0743 e. The van der Waals surface area contributed by atoms with Crippen LogP contribution >= 0.6 is 0 Å². The highest BCUT2D eigenvalue weighted by Crippen LogP contribution is 2.24. The van der Waals surface area contributed by atoms with Crippen LogP contribution < -0.4 is 11.1 Å². The number of rotatable bonds is 3. The third-order valence-corrected chi connectivity index (χ3v) is 3.84. The minimum Gasteiger partial charge on any atom is -0.399 e. The number of hydrogen-bond donors (Lipinski definition) is 2. The zero-order valence-electron chi connectivity index (χ0n) is 11.3. The average Bonchev–Trinajstić information content (AvgIpc) is 2.81. The van der Waals surface area contributed by atoms with Crippen molar-refractivity contribution in [2.45, 2.75) is 6.42 Å². The summed E-state index contributed by atoms with van der Waals surface area (Å²) in [6.07, 6.45) is 3.12. The van der Waals surface area contributed by atoms with E-state index in [1.54, 1.807) is 0 Å². The molecule has 0 aliphatic carbocycles. The van der Waals surface area contributed by atoms with Gasteiger partial charge in [0.15, 0.2) is 0 Å². The normalized spacial score (nSPS) is 19.9. The average molecular weight is 256 g/mol. The summed E-state index contributed by atoms with van der Waals surface area (Å²) in [7, 11) is 2.19. The van der Waals surface area contributed by atoms with Crippen LogP contribution in [0.15, 0.2) is 30.5 Å². The number of nitrogen functional groups attached to an aromatic ring is 1. The van der Waals surface area contributed by atoms with Gasteiger partial charge in [0.25, 0.3) is 0 Å². The second kappa shape index (κ2) is 5.05. The first-order chi connectivity index (χ1) is 9.22. The van der Waals surface area contributed by atoms with E-state index in [-0.39, 0.29) is 0 Å². The molecular formula is C15H20N4. The molecule has 0 radical (unpaired) electrons. The molecule has 0 amide bonds. The SMILES string of the molecule is CN1CCC(CNc2ccnc3cc(N)ccc23)C1. The molecule has 1 aromatic heterocycles. The lowest BCUT2D eigenvalue weighted by Gasteiger charge is -2.14. The molecule has 0 spiro atoms. The summed E-state index contributed by atoms with van der Waals surface area (Å²) in [5.41, 5.74) is 8.66. The maximum Gasteiger partial charge on any atom is 0.0743 e. The number of anilines is 2. The molecule has 100 valence electrons. The molecule has 1 aliphatic rings. The van der Waals surface area contributed by atoms with Crippen LogP contribution in [-0.4, -0.2) is 36.6 Å². The molecule has 1 fully saturated rings. The van der Waals surface area contributed by atoms with Crippen molar-refractivity contribution in [1.82, 2.24) is 9.88 Å². The summed E-state index contributed by atoms with van der Waals surface area (Å²) >= 11 is 0. The Kier molecular flexibility index (Phi) is 3.25. The first-order valence-electron chi connectivity index (χ1n) is 6.79. The van der Waals surface area contributed by atoms with E-state index in [2.05, 4.69) is 22.2 Å². The maximum absolute atomic E-state index is 5.80. The van der Waals surface area contributed by atoms with Gasteiger partial charge in [-0.15, -0.1) is 0 Å². The number of nitrogens with two attached hydrogens (primary N) is 1. The standard InChI is InChI=1S/C15H20N4/c1-19-7-5-11(10-19)9-18-14-4-6-17-15-8-12(16)2-3-13(14)15/h2-4,6,8,11H,5,7,9-10,16H2,1H3,(H,17,18). The van der Waals surface area contributed by atoms with Crippen molar-refractivity contribution in [3.05, 3.63) is 30.5 Å². The van der Waals surface area contributed by atoms with Gasteiger partial charge in [-0.2, -0.15) is 0 Å². The van der Waals surface area contributed by atoms with Crippen LogP contribution in [0.1, 0.15) is 6.42 Å². The summed E-state index contributed by atoms with van der Waals surface area (Å²) in [5.74, 6) is 0.738. The number of nitrogens with zero attached hydrogens (tertiary/aromatic N) is 2. The lowest BCUT2D eigenvalue weighted by molar-refractivity contribution is 0.399. The van der Waals surface area contributed by atoms with E-state index < -0.39 is 0 Å². The molecule has 3 N–H and O–H groups in total. The van der Waals surface area contributed by atoms with Gasteiger partial charge in [0.1, 0.15) is 0 Å². The number of likely N-dealkylation sites (tertiary alicyclic amines) is 1. The Morgan fingerprint density at radius 2 is 2.32 bits per heavy atom. The van der Waals surface area contributed by atoms with Crippen LogP contribution in [0, 0.1) is 5.92 Å². The molecule has 19 heavy (non-hydrogen) atoms. The van der Waals surface area contributed by atoms with Crippen molar-refractivity contribution < 1.29 is 0 Å². The van der Waals surface area contributed by atoms with Crippen LogP contribution in [0.4, 0.5) is 11.4 Å². The summed E-state index contributed by atoms with van der Waals surface area (Å²) in [5, 5.41) is 4.70. The fourth-order valence-electron chi connectivity index (χ4n) is 2.77. The Labute approximate surface area is 113 Å². The molecular weight excluding hydrogens is 236 g/mol. The van der Waals surface area contributed by atoms with Gasteiger partial charge >= 0.3 is 0 Å². The van der Waals surface area contributed by atoms with E-state index in [9.17, 15) is 0 Å². The van der Waals surface area contributed by atoms with E-state index in [1.165, 1.54) is 19.5 Å². The van der Waals surface area contributed by atoms with Crippen LogP contribution in [-0.2, 0) is 0 Å². The summed E-state index contributed by atoms with van der Waals surface area (Å²) in [6, 6.07) is 7.93. The van der Waals surface area contributed by atoms with Crippen molar-refractivity contribution in [3.8, 4) is 0 Å². The van der Waals surface area contributed by atoms with E-state index in [0.717, 1.165) is 34.7 Å². The topological polar surface area (TPSA) is 54.2 Å². The van der Waals surface area contributed by atoms with Gasteiger partial charge in [0.2, 0.25) is 0 Å². The molecule has 1 atom stereocenters. The van der Waals surface area contributed by atoms with E-state index in [4.69, 9.17) is 5.73 Å². The number of aromatic nitrogens is 1. The largest absolute Gasteiger partial charge is 0.399 e. The number of nitrogens with one attached hydrogen (secondary N) is 1. The number of fused-ring (bicyclic) bond motifs is 1. The molecule has 0 saturated carbocycles. The van der Waals surface area contributed by atoms with Crippen LogP contribution in [0.3, 0.4) is 0 Å². The van der Waals surface area contributed by atoms with Crippen molar-refractivity contribution in [3.63, 3.8) is 0 Å². The molecule has 1 aliphatic heterocycles. The predicted octanol–water partition coefficient (Wildman–Crippen LogP) is 2.18. The Morgan fingerprint density at radius 1 is 1.42 bits per heavy atom.